The predicted molar refractivity (Wildman–Crippen MR) is 70.0 cm³/mol. The summed E-state index contributed by atoms with van der Waals surface area (Å²) in [4.78, 5) is 11.6. The standard InChI is InChI=1S/C15H18O3/c1-11-3-8-15(16)14(11)9-10-18-13-6-4-12(17-2)5-7-13/h4-7H,3,8-10H2,1-2H3. The summed E-state index contributed by atoms with van der Waals surface area (Å²) in [6.45, 7) is 2.58. The summed E-state index contributed by atoms with van der Waals surface area (Å²) >= 11 is 0. The maximum atomic E-state index is 11.6. The Kier molecular flexibility index (Phi) is 4.03. The van der Waals surface area contributed by atoms with Crippen LogP contribution < -0.4 is 9.47 Å². The van der Waals surface area contributed by atoms with Gasteiger partial charge in [0.1, 0.15) is 11.5 Å². The summed E-state index contributed by atoms with van der Waals surface area (Å²) in [5.41, 5.74) is 2.18. The molecule has 0 saturated heterocycles. The van der Waals surface area contributed by atoms with Crippen molar-refractivity contribution < 1.29 is 14.3 Å². The summed E-state index contributed by atoms with van der Waals surface area (Å²) in [5, 5.41) is 0. The number of methoxy groups -OCH3 is 1. The van der Waals surface area contributed by atoms with Gasteiger partial charge in [-0.2, -0.15) is 0 Å². The molecule has 1 aliphatic rings. The third kappa shape index (κ3) is 2.92. The SMILES string of the molecule is COc1ccc(OCCC2=C(C)CCC2=O)cc1. The average molecular weight is 246 g/mol. The van der Waals surface area contributed by atoms with Crippen molar-refractivity contribution in [2.24, 2.45) is 0 Å². The van der Waals surface area contributed by atoms with Crippen LogP contribution in [0.4, 0.5) is 0 Å². The summed E-state index contributed by atoms with van der Waals surface area (Å²) in [5.74, 6) is 1.90. The number of carbonyl (C=O) groups excluding carboxylic acids is 1. The Hall–Kier alpha value is -1.77. The van der Waals surface area contributed by atoms with Crippen molar-refractivity contribution in [2.75, 3.05) is 13.7 Å². The second-order valence-electron chi connectivity index (χ2n) is 4.46. The lowest BCUT2D eigenvalue weighted by Gasteiger charge is -2.07. The Morgan fingerprint density at radius 1 is 1.11 bits per heavy atom. The molecule has 0 spiro atoms. The van der Waals surface area contributed by atoms with Crippen LogP contribution in [0.2, 0.25) is 0 Å². The van der Waals surface area contributed by atoms with Crippen molar-refractivity contribution >= 4 is 5.78 Å². The molecule has 0 amide bonds. The molecule has 1 aromatic carbocycles. The molecule has 3 nitrogen and oxygen atoms in total. The third-order valence-corrected chi connectivity index (χ3v) is 3.26. The molecule has 18 heavy (non-hydrogen) atoms. The van der Waals surface area contributed by atoms with Gasteiger partial charge in [-0.15, -0.1) is 0 Å². The number of ketones is 1. The molecule has 0 atom stereocenters. The molecular weight excluding hydrogens is 228 g/mol. The number of carbonyl (C=O) groups is 1. The first-order valence-electron chi connectivity index (χ1n) is 6.19. The van der Waals surface area contributed by atoms with E-state index < -0.39 is 0 Å². The first-order chi connectivity index (χ1) is 8.70. The van der Waals surface area contributed by atoms with Gasteiger partial charge in [0.15, 0.2) is 5.78 Å². The van der Waals surface area contributed by atoms with Gasteiger partial charge in [-0.3, -0.25) is 4.79 Å². The van der Waals surface area contributed by atoms with E-state index in [1.54, 1.807) is 7.11 Å². The normalized spacial score (nSPS) is 15.1. The molecule has 0 unspecified atom stereocenters. The Bertz CT molecular complexity index is 457. The fourth-order valence-corrected chi connectivity index (χ4v) is 2.14. The lowest BCUT2D eigenvalue weighted by atomic mass is 10.1. The van der Waals surface area contributed by atoms with E-state index in [0.717, 1.165) is 23.5 Å². The molecule has 0 aliphatic heterocycles. The molecule has 0 saturated carbocycles. The largest absolute Gasteiger partial charge is 0.497 e. The van der Waals surface area contributed by atoms with Crippen LogP contribution in [-0.2, 0) is 4.79 Å². The Balaban J connectivity index is 1.85. The van der Waals surface area contributed by atoms with Gasteiger partial charge in [0.05, 0.1) is 13.7 Å². The van der Waals surface area contributed by atoms with E-state index in [2.05, 4.69) is 0 Å². The molecule has 0 radical (unpaired) electrons. The van der Waals surface area contributed by atoms with Crippen molar-refractivity contribution in [2.45, 2.75) is 26.2 Å². The van der Waals surface area contributed by atoms with Crippen molar-refractivity contribution in [1.29, 1.82) is 0 Å². The minimum atomic E-state index is 0.283. The van der Waals surface area contributed by atoms with E-state index in [1.807, 2.05) is 31.2 Å². The zero-order valence-electron chi connectivity index (χ0n) is 10.9. The Morgan fingerprint density at radius 3 is 2.33 bits per heavy atom. The number of hydrogen-bond acceptors (Lipinski definition) is 3. The number of Topliss-reactive ketones (excluding diaryl/α,β-unsaturated/α-hetero) is 1. The van der Waals surface area contributed by atoms with Gasteiger partial charge in [-0.25, -0.2) is 0 Å². The van der Waals surface area contributed by atoms with Gasteiger partial charge in [-0.05, 0) is 43.2 Å². The molecule has 1 aromatic rings. The first-order valence-corrected chi connectivity index (χ1v) is 6.19. The molecule has 96 valence electrons. The zero-order valence-corrected chi connectivity index (χ0v) is 10.9. The highest BCUT2D eigenvalue weighted by Crippen LogP contribution is 2.25. The fourth-order valence-electron chi connectivity index (χ4n) is 2.14. The Labute approximate surface area is 107 Å². The second-order valence-corrected chi connectivity index (χ2v) is 4.46. The van der Waals surface area contributed by atoms with Gasteiger partial charge in [-0.1, -0.05) is 5.57 Å². The molecule has 3 heteroatoms. The van der Waals surface area contributed by atoms with Crippen molar-refractivity contribution in [3.8, 4) is 11.5 Å². The monoisotopic (exact) mass is 246 g/mol. The smallest absolute Gasteiger partial charge is 0.159 e. The van der Waals surface area contributed by atoms with Crippen molar-refractivity contribution in [3.05, 3.63) is 35.4 Å². The minimum Gasteiger partial charge on any atom is -0.497 e. The van der Waals surface area contributed by atoms with Gasteiger partial charge < -0.3 is 9.47 Å². The molecule has 2 rings (SSSR count). The molecule has 1 aliphatic carbocycles. The molecule has 0 fully saturated rings. The van der Waals surface area contributed by atoms with E-state index in [-0.39, 0.29) is 5.78 Å². The molecule has 0 aromatic heterocycles. The van der Waals surface area contributed by atoms with E-state index in [1.165, 1.54) is 5.57 Å². The Morgan fingerprint density at radius 2 is 1.78 bits per heavy atom. The van der Waals surface area contributed by atoms with Crippen molar-refractivity contribution in [1.82, 2.24) is 0 Å². The topological polar surface area (TPSA) is 35.5 Å². The van der Waals surface area contributed by atoms with Gasteiger partial charge in [0.2, 0.25) is 0 Å². The van der Waals surface area contributed by atoms with Crippen molar-refractivity contribution in [3.63, 3.8) is 0 Å². The van der Waals surface area contributed by atoms with E-state index in [0.29, 0.717) is 19.4 Å². The van der Waals surface area contributed by atoms with E-state index in [4.69, 9.17) is 9.47 Å². The van der Waals surface area contributed by atoms with Crippen LogP contribution in [0.5, 0.6) is 11.5 Å². The lowest BCUT2D eigenvalue weighted by Crippen LogP contribution is -2.04. The summed E-state index contributed by atoms with van der Waals surface area (Å²) in [7, 11) is 1.64. The number of hydrogen-bond donors (Lipinski definition) is 0. The van der Waals surface area contributed by atoms with E-state index in [9.17, 15) is 4.79 Å². The molecular formula is C15H18O3. The van der Waals surface area contributed by atoms with E-state index >= 15 is 0 Å². The third-order valence-electron chi connectivity index (χ3n) is 3.26. The quantitative estimate of drug-likeness (QED) is 0.800. The second kappa shape index (κ2) is 5.71. The summed E-state index contributed by atoms with van der Waals surface area (Å²) in [6.07, 6.45) is 2.29. The average Bonchev–Trinajstić information content (AvgIpc) is 2.71. The minimum absolute atomic E-state index is 0.283. The van der Waals surface area contributed by atoms with Crippen LogP contribution in [0.1, 0.15) is 26.2 Å². The van der Waals surface area contributed by atoms with Crippen LogP contribution in [0.25, 0.3) is 0 Å². The number of allylic oxidation sites excluding steroid dienone is 1. The van der Waals surface area contributed by atoms with Gasteiger partial charge in [0.25, 0.3) is 0 Å². The lowest BCUT2D eigenvalue weighted by molar-refractivity contribution is -0.115. The predicted octanol–water partition coefficient (Wildman–Crippen LogP) is 3.14. The number of benzene rings is 1. The fraction of sp³-hybridized carbons (Fsp3) is 0.400. The molecule has 0 N–H and O–H groups in total. The van der Waals surface area contributed by atoms with Gasteiger partial charge in [0, 0.05) is 12.8 Å². The summed E-state index contributed by atoms with van der Waals surface area (Å²) < 4.78 is 10.7. The van der Waals surface area contributed by atoms with Crippen LogP contribution in [0.3, 0.4) is 0 Å². The number of rotatable bonds is 5. The number of ether oxygens (including phenoxy) is 2. The van der Waals surface area contributed by atoms with Crippen LogP contribution in [0, 0.1) is 0 Å². The van der Waals surface area contributed by atoms with Crippen LogP contribution in [-0.4, -0.2) is 19.5 Å². The maximum absolute atomic E-state index is 11.6. The van der Waals surface area contributed by atoms with Gasteiger partial charge >= 0.3 is 0 Å². The summed E-state index contributed by atoms with van der Waals surface area (Å²) in [6, 6.07) is 7.47. The van der Waals surface area contributed by atoms with Crippen LogP contribution in [0.15, 0.2) is 35.4 Å². The maximum Gasteiger partial charge on any atom is 0.159 e. The molecule has 0 heterocycles. The highest BCUT2D eigenvalue weighted by molar-refractivity contribution is 5.98. The molecule has 0 bridgehead atoms. The first kappa shape index (κ1) is 12.7. The highest BCUT2D eigenvalue weighted by atomic mass is 16.5. The highest BCUT2D eigenvalue weighted by Gasteiger charge is 2.19. The van der Waals surface area contributed by atoms with Crippen LogP contribution >= 0.6 is 0 Å². The zero-order chi connectivity index (χ0) is 13.0.